The molecule has 136 valence electrons. The first-order chi connectivity index (χ1) is 12.5. The highest BCUT2D eigenvalue weighted by atomic mass is 32.2. The number of rotatable bonds is 6. The number of benzene rings is 1. The summed E-state index contributed by atoms with van der Waals surface area (Å²) in [5.74, 6) is 0.0711. The summed E-state index contributed by atoms with van der Waals surface area (Å²) < 4.78 is 3.94. The monoisotopic (exact) mass is 387 g/mol. The highest BCUT2D eigenvalue weighted by Gasteiger charge is 2.10. The maximum atomic E-state index is 12.3. The molecule has 0 saturated heterocycles. The van der Waals surface area contributed by atoms with Crippen LogP contribution in [0.3, 0.4) is 0 Å². The molecular formula is C18H21N5OS2. The van der Waals surface area contributed by atoms with E-state index in [1.54, 1.807) is 6.33 Å². The Bertz CT molecular complexity index is 937. The van der Waals surface area contributed by atoms with Crippen molar-refractivity contribution >= 4 is 29.0 Å². The van der Waals surface area contributed by atoms with Crippen LogP contribution in [0.25, 0.3) is 0 Å². The molecule has 1 aromatic carbocycles. The minimum Gasteiger partial charge on any atom is -0.319 e. The van der Waals surface area contributed by atoms with Gasteiger partial charge in [0, 0.05) is 24.2 Å². The van der Waals surface area contributed by atoms with Crippen molar-refractivity contribution in [1.82, 2.24) is 19.3 Å². The van der Waals surface area contributed by atoms with E-state index < -0.39 is 0 Å². The van der Waals surface area contributed by atoms with E-state index in [0.29, 0.717) is 11.3 Å². The quantitative estimate of drug-likeness (QED) is 0.609. The van der Waals surface area contributed by atoms with Crippen molar-refractivity contribution in [2.75, 3.05) is 5.75 Å². The first kappa shape index (κ1) is 18.6. The third kappa shape index (κ3) is 4.70. The number of carbonyl (C=O) groups excluding carboxylic acids is 1. The fourth-order valence-corrected chi connectivity index (χ4v) is 3.93. The zero-order valence-electron chi connectivity index (χ0n) is 15.0. The average molecular weight is 388 g/mol. The molecule has 0 aliphatic carbocycles. The Morgan fingerprint density at radius 2 is 2.08 bits per heavy atom. The molecule has 26 heavy (non-hydrogen) atoms. The van der Waals surface area contributed by atoms with Gasteiger partial charge in [-0.1, -0.05) is 41.6 Å². The summed E-state index contributed by atoms with van der Waals surface area (Å²) in [6.07, 6.45) is 3.64. The predicted molar refractivity (Wildman–Crippen MR) is 104 cm³/mol. The molecule has 0 aliphatic heterocycles. The van der Waals surface area contributed by atoms with Crippen LogP contribution in [0.5, 0.6) is 0 Å². The summed E-state index contributed by atoms with van der Waals surface area (Å²) in [6, 6.07) is 8.63. The third-order valence-corrected chi connectivity index (χ3v) is 5.51. The highest BCUT2D eigenvalue weighted by molar-refractivity contribution is 7.99. The van der Waals surface area contributed by atoms with Gasteiger partial charge in [0.2, 0.25) is 0 Å². The standard InChI is InChI=1S/C18H21N5OS2/c1-13(2)23-12-19-21-18(23)26-11-16(24)20-17-22(8-9-25-17)10-15-6-4-14(3)5-7-15/h4-9,12-13H,10-11H2,1-3H3. The third-order valence-electron chi connectivity index (χ3n) is 3.78. The summed E-state index contributed by atoms with van der Waals surface area (Å²) in [7, 11) is 0. The van der Waals surface area contributed by atoms with Crippen LogP contribution in [-0.4, -0.2) is 31.0 Å². The molecule has 0 N–H and O–H groups in total. The number of hydrogen-bond donors (Lipinski definition) is 0. The van der Waals surface area contributed by atoms with Crippen LogP contribution >= 0.6 is 23.1 Å². The number of thioether (sulfide) groups is 1. The molecule has 0 unspecified atom stereocenters. The van der Waals surface area contributed by atoms with E-state index in [4.69, 9.17) is 0 Å². The molecule has 1 amide bonds. The van der Waals surface area contributed by atoms with E-state index in [0.717, 1.165) is 5.16 Å². The van der Waals surface area contributed by atoms with Crippen molar-refractivity contribution < 1.29 is 4.79 Å². The summed E-state index contributed by atoms with van der Waals surface area (Å²) in [5.41, 5.74) is 2.41. The van der Waals surface area contributed by atoms with E-state index in [1.165, 1.54) is 34.2 Å². The van der Waals surface area contributed by atoms with Gasteiger partial charge >= 0.3 is 0 Å². The van der Waals surface area contributed by atoms with E-state index in [9.17, 15) is 4.79 Å². The highest BCUT2D eigenvalue weighted by Crippen LogP contribution is 2.18. The predicted octanol–water partition coefficient (Wildman–Crippen LogP) is 3.30. The van der Waals surface area contributed by atoms with E-state index in [-0.39, 0.29) is 17.7 Å². The van der Waals surface area contributed by atoms with Gasteiger partial charge in [-0.3, -0.25) is 4.79 Å². The Hall–Kier alpha value is -2.19. The van der Waals surface area contributed by atoms with Gasteiger partial charge < -0.3 is 9.13 Å². The fraction of sp³-hybridized carbons (Fsp3) is 0.333. The molecule has 2 heterocycles. The number of aromatic nitrogens is 4. The van der Waals surface area contributed by atoms with Crippen molar-refractivity contribution in [2.45, 2.75) is 38.5 Å². The lowest BCUT2D eigenvalue weighted by atomic mass is 10.1. The van der Waals surface area contributed by atoms with Gasteiger partial charge in [0.1, 0.15) is 6.33 Å². The van der Waals surface area contributed by atoms with Crippen LogP contribution < -0.4 is 4.80 Å². The van der Waals surface area contributed by atoms with Crippen LogP contribution in [0.15, 0.2) is 52.3 Å². The number of hydrogen-bond acceptors (Lipinski definition) is 5. The van der Waals surface area contributed by atoms with Gasteiger partial charge in [-0.25, -0.2) is 0 Å². The van der Waals surface area contributed by atoms with Crippen molar-refractivity contribution in [3.05, 3.63) is 58.1 Å². The summed E-state index contributed by atoms with van der Waals surface area (Å²) in [4.78, 5) is 17.3. The van der Waals surface area contributed by atoms with Crippen LogP contribution in [-0.2, 0) is 11.3 Å². The largest absolute Gasteiger partial charge is 0.319 e. The second-order valence-electron chi connectivity index (χ2n) is 6.21. The molecule has 8 heteroatoms. The van der Waals surface area contributed by atoms with E-state index in [1.807, 2.05) is 20.7 Å². The number of nitrogens with zero attached hydrogens (tertiary/aromatic N) is 5. The Labute approximate surface area is 160 Å². The first-order valence-corrected chi connectivity index (χ1v) is 10.2. The lowest BCUT2D eigenvalue weighted by Gasteiger charge is -2.08. The lowest BCUT2D eigenvalue weighted by molar-refractivity contribution is -0.115. The van der Waals surface area contributed by atoms with Crippen molar-refractivity contribution in [2.24, 2.45) is 4.99 Å². The SMILES string of the molecule is Cc1ccc(Cn2ccsc2=NC(=O)CSc2nncn2C(C)C)cc1. The normalized spacial score (nSPS) is 12.1. The van der Waals surface area contributed by atoms with E-state index in [2.05, 4.69) is 60.2 Å². The van der Waals surface area contributed by atoms with Crippen molar-refractivity contribution in [3.63, 3.8) is 0 Å². The maximum absolute atomic E-state index is 12.3. The zero-order valence-corrected chi connectivity index (χ0v) is 16.6. The second-order valence-corrected chi connectivity index (χ2v) is 8.02. The summed E-state index contributed by atoms with van der Waals surface area (Å²) in [6.45, 7) is 6.88. The molecule has 0 atom stereocenters. The van der Waals surface area contributed by atoms with Gasteiger partial charge in [0.05, 0.1) is 5.75 Å². The minimum absolute atomic E-state index is 0.173. The molecule has 0 bridgehead atoms. The Balaban J connectivity index is 1.68. The van der Waals surface area contributed by atoms with Crippen molar-refractivity contribution in [1.29, 1.82) is 0 Å². The lowest BCUT2D eigenvalue weighted by Crippen LogP contribution is -2.17. The van der Waals surface area contributed by atoms with Gasteiger partial charge in [-0.05, 0) is 26.3 Å². The molecular weight excluding hydrogens is 366 g/mol. The molecule has 0 saturated carbocycles. The Morgan fingerprint density at radius 1 is 1.31 bits per heavy atom. The number of aryl methyl sites for hydroxylation is 1. The molecule has 3 aromatic rings. The van der Waals surface area contributed by atoms with Crippen LogP contribution in [0.2, 0.25) is 0 Å². The molecule has 0 aliphatic rings. The first-order valence-electron chi connectivity index (χ1n) is 8.32. The molecule has 0 radical (unpaired) electrons. The van der Waals surface area contributed by atoms with Gasteiger partial charge in [-0.15, -0.1) is 21.5 Å². The van der Waals surface area contributed by atoms with Crippen LogP contribution in [0.4, 0.5) is 0 Å². The van der Waals surface area contributed by atoms with Crippen LogP contribution in [0.1, 0.15) is 31.0 Å². The number of thiazole rings is 1. The maximum Gasteiger partial charge on any atom is 0.258 e. The average Bonchev–Trinajstić information content (AvgIpc) is 3.25. The number of carbonyl (C=O) groups is 1. The van der Waals surface area contributed by atoms with Gasteiger partial charge in [0.25, 0.3) is 5.91 Å². The van der Waals surface area contributed by atoms with Crippen LogP contribution in [0, 0.1) is 6.92 Å². The fourth-order valence-electron chi connectivity index (χ4n) is 2.35. The second kappa shape index (κ2) is 8.46. The van der Waals surface area contributed by atoms with Gasteiger partial charge in [0.15, 0.2) is 9.96 Å². The minimum atomic E-state index is -0.173. The molecule has 2 aromatic heterocycles. The summed E-state index contributed by atoms with van der Waals surface area (Å²) >= 11 is 2.83. The smallest absolute Gasteiger partial charge is 0.258 e. The van der Waals surface area contributed by atoms with Crippen molar-refractivity contribution in [3.8, 4) is 0 Å². The molecule has 6 nitrogen and oxygen atoms in total. The summed E-state index contributed by atoms with van der Waals surface area (Å²) in [5, 5.41) is 10.7. The number of amides is 1. The topological polar surface area (TPSA) is 65.1 Å². The Kier molecular flexibility index (Phi) is 6.05. The molecule has 0 fully saturated rings. The zero-order chi connectivity index (χ0) is 18.5. The van der Waals surface area contributed by atoms with Gasteiger partial charge in [-0.2, -0.15) is 4.99 Å². The molecule has 0 spiro atoms. The molecule has 3 rings (SSSR count). The van der Waals surface area contributed by atoms with E-state index >= 15 is 0 Å². The Morgan fingerprint density at radius 3 is 2.81 bits per heavy atom.